The van der Waals surface area contributed by atoms with Crippen molar-refractivity contribution in [2.45, 2.75) is 45.7 Å². The Hall–Kier alpha value is -2.66. The third-order valence-corrected chi connectivity index (χ3v) is 5.51. The number of hydrogen-bond acceptors (Lipinski definition) is 3. The number of benzene rings is 1. The molecule has 0 bridgehead atoms. The summed E-state index contributed by atoms with van der Waals surface area (Å²) in [5, 5.41) is 5.14. The summed E-state index contributed by atoms with van der Waals surface area (Å²) < 4.78 is 1.79. The second kappa shape index (κ2) is 7.40. The first-order valence-corrected chi connectivity index (χ1v) is 9.90. The van der Waals surface area contributed by atoms with E-state index in [0.29, 0.717) is 16.4 Å². The highest BCUT2D eigenvalue weighted by atomic mass is 35.5. The fraction of sp³-hybridized carbons (Fsp3) is 0.318. The molecule has 1 saturated carbocycles. The first-order valence-electron chi connectivity index (χ1n) is 9.52. The standard InChI is InChI=1S/C22H23ClN4O/c1-14-12-15(2)27(25-14)21-11-8-17(13-24-21)22(28)26(18-9-10-18)16(3)19-6-4-5-7-20(19)23/h4-8,11-13,16,18H,9-10H2,1-3H3. The molecule has 1 amide bonds. The minimum Gasteiger partial charge on any atom is -0.329 e. The number of hydrogen-bond donors (Lipinski definition) is 0. The van der Waals surface area contributed by atoms with Crippen molar-refractivity contribution >= 4 is 17.5 Å². The van der Waals surface area contributed by atoms with E-state index < -0.39 is 0 Å². The molecule has 0 radical (unpaired) electrons. The van der Waals surface area contributed by atoms with Crippen LogP contribution in [0.5, 0.6) is 0 Å². The summed E-state index contributed by atoms with van der Waals surface area (Å²) in [6, 6.07) is 13.6. The zero-order chi connectivity index (χ0) is 19.8. The van der Waals surface area contributed by atoms with E-state index in [0.717, 1.165) is 29.8 Å². The van der Waals surface area contributed by atoms with Crippen LogP contribution < -0.4 is 0 Å². The fourth-order valence-corrected chi connectivity index (χ4v) is 3.92. The molecule has 2 heterocycles. The highest BCUT2D eigenvalue weighted by Crippen LogP contribution is 2.37. The Morgan fingerprint density at radius 1 is 1.21 bits per heavy atom. The molecule has 1 aliphatic carbocycles. The SMILES string of the molecule is Cc1cc(C)n(-c2ccc(C(=O)N(C3CC3)C(C)c3ccccc3Cl)cn2)n1. The zero-order valence-corrected chi connectivity index (χ0v) is 17.0. The Morgan fingerprint density at radius 2 is 1.96 bits per heavy atom. The van der Waals surface area contributed by atoms with Gasteiger partial charge < -0.3 is 4.90 Å². The zero-order valence-electron chi connectivity index (χ0n) is 16.3. The van der Waals surface area contributed by atoms with Crippen molar-refractivity contribution in [1.29, 1.82) is 0 Å². The van der Waals surface area contributed by atoms with E-state index in [-0.39, 0.29) is 18.0 Å². The molecule has 3 aromatic rings. The van der Waals surface area contributed by atoms with Gasteiger partial charge in [0.05, 0.1) is 17.3 Å². The van der Waals surface area contributed by atoms with Crippen molar-refractivity contribution in [3.8, 4) is 5.82 Å². The van der Waals surface area contributed by atoms with Crippen LogP contribution in [-0.4, -0.2) is 31.6 Å². The van der Waals surface area contributed by atoms with Gasteiger partial charge in [-0.15, -0.1) is 0 Å². The maximum Gasteiger partial charge on any atom is 0.256 e. The highest BCUT2D eigenvalue weighted by Gasteiger charge is 2.37. The minimum absolute atomic E-state index is 0.0117. The van der Waals surface area contributed by atoms with Gasteiger partial charge in [0.15, 0.2) is 5.82 Å². The van der Waals surface area contributed by atoms with Gasteiger partial charge in [-0.1, -0.05) is 29.8 Å². The van der Waals surface area contributed by atoms with Gasteiger partial charge in [0.2, 0.25) is 0 Å². The molecule has 1 atom stereocenters. The van der Waals surface area contributed by atoms with Crippen LogP contribution in [-0.2, 0) is 0 Å². The first kappa shape index (κ1) is 18.7. The second-order valence-corrected chi connectivity index (χ2v) is 7.79. The van der Waals surface area contributed by atoms with Gasteiger partial charge in [0.25, 0.3) is 5.91 Å². The van der Waals surface area contributed by atoms with Crippen LogP contribution in [0.1, 0.15) is 53.1 Å². The summed E-state index contributed by atoms with van der Waals surface area (Å²) in [5.74, 6) is 0.696. The van der Waals surface area contributed by atoms with Gasteiger partial charge in [-0.25, -0.2) is 9.67 Å². The number of rotatable bonds is 5. The van der Waals surface area contributed by atoms with Gasteiger partial charge >= 0.3 is 0 Å². The van der Waals surface area contributed by atoms with Crippen LogP contribution >= 0.6 is 11.6 Å². The molecule has 0 aliphatic heterocycles. The molecule has 2 aromatic heterocycles. The quantitative estimate of drug-likeness (QED) is 0.618. The normalized spacial score (nSPS) is 14.7. The summed E-state index contributed by atoms with van der Waals surface area (Å²) in [6.07, 6.45) is 3.69. The van der Waals surface area contributed by atoms with Crippen LogP contribution in [0.3, 0.4) is 0 Å². The molecular weight excluding hydrogens is 372 g/mol. The van der Waals surface area contributed by atoms with E-state index in [4.69, 9.17) is 11.6 Å². The van der Waals surface area contributed by atoms with Gasteiger partial charge in [-0.05, 0) is 63.4 Å². The Morgan fingerprint density at radius 3 is 2.54 bits per heavy atom. The van der Waals surface area contributed by atoms with Gasteiger partial charge in [-0.2, -0.15) is 5.10 Å². The predicted molar refractivity (Wildman–Crippen MR) is 110 cm³/mol. The van der Waals surface area contributed by atoms with Crippen LogP contribution in [0.2, 0.25) is 5.02 Å². The summed E-state index contributed by atoms with van der Waals surface area (Å²) in [4.78, 5) is 19.7. The van der Waals surface area contributed by atoms with Crippen LogP contribution in [0.15, 0.2) is 48.7 Å². The maximum absolute atomic E-state index is 13.3. The topological polar surface area (TPSA) is 51.0 Å². The lowest BCUT2D eigenvalue weighted by Crippen LogP contribution is -2.35. The summed E-state index contributed by atoms with van der Waals surface area (Å²) in [5.41, 5.74) is 3.50. The molecule has 1 aliphatic rings. The lowest BCUT2D eigenvalue weighted by molar-refractivity contribution is 0.0673. The van der Waals surface area contributed by atoms with Gasteiger partial charge in [-0.3, -0.25) is 4.79 Å². The number of carbonyl (C=O) groups is 1. The van der Waals surface area contributed by atoms with Crippen LogP contribution in [0.4, 0.5) is 0 Å². The van der Waals surface area contributed by atoms with E-state index in [9.17, 15) is 4.79 Å². The highest BCUT2D eigenvalue weighted by molar-refractivity contribution is 6.31. The molecule has 1 aromatic carbocycles. The van der Waals surface area contributed by atoms with Gasteiger partial charge in [0, 0.05) is 23.0 Å². The van der Waals surface area contributed by atoms with Crippen molar-refractivity contribution in [3.05, 3.63) is 76.2 Å². The van der Waals surface area contributed by atoms with E-state index >= 15 is 0 Å². The molecule has 1 unspecified atom stereocenters. The molecule has 4 rings (SSSR count). The lowest BCUT2D eigenvalue weighted by Gasteiger charge is -2.30. The minimum atomic E-state index is -0.0932. The molecule has 0 spiro atoms. The van der Waals surface area contributed by atoms with E-state index in [1.807, 2.05) is 68.1 Å². The second-order valence-electron chi connectivity index (χ2n) is 7.39. The average molecular weight is 395 g/mol. The largest absolute Gasteiger partial charge is 0.329 e. The molecule has 6 heteroatoms. The summed E-state index contributed by atoms with van der Waals surface area (Å²) in [6.45, 7) is 5.97. The molecule has 5 nitrogen and oxygen atoms in total. The monoisotopic (exact) mass is 394 g/mol. The lowest BCUT2D eigenvalue weighted by atomic mass is 10.1. The van der Waals surface area contributed by atoms with Crippen LogP contribution in [0.25, 0.3) is 5.82 Å². The number of pyridine rings is 1. The summed E-state index contributed by atoms with van der Waals surface area (Å²) >= 11 is 6.38. The van der Waals surface area contributed by atoms with E-state index in [2.05, 4.69) is 10.1 Å². The summed E-state index contributed by atoms with van der Waals surface area (Å²) in [7, 11) is 0. The maximum atomic E-state index is 13.3. The third kappa shape index (κ3) is 3.54. The fourth-order valence-electron chi connectivity index (χ4n) is 3.62. The van der Waals surface area contributed by atoms with Crippen molar-refractivity contribution in [3.63, 3.8) is 0 Å². The smallest absolute Gasteiger partial charge is 0.256 e. The first-order chi connectivity index (χ1) is 13.5. The van der Waals surface area contributed by atoms with Crippen molar-refractivity contribution in [2.75, 3.05) is 0 Å². The van der Waals surface area contributed by atoms with E-state index in [1.165, 1.54) is 0 Å². The average Bonchev–Trinajstić information content (AvgIpc) is 3.45. The number of nitrogens with zero attached hydrogens (tertiary/aromatic N) is 4. The third-order valence-electron chi connectivity index (χ3n) is 5.17. The Kier molecular flexibility index (Phi) is 4.94. The molecular formula is C22H23ClN4O. The Balaban J connectivity index is 1.61. The predicted octanol–water partition coefficient (Wildman–Crippen LogP) is 4.90. The number of carbonyl (C=O) groups excluding carboxylic acids is 1. The molecule has 1 fully saturated rings. The molecule has 144 valence electrons. The molecule has 28 heavy (non-hydrogen) atoms. The Labute approximate surface area is 170 Å². The number of halogens is 1. The van der Waals surface area contributed by atoms with Gasteiger partial charge in [0.1, 0.15) is 0 Å². The Bertz CT molecular complexity index is 1010. The molecule has 0 N–H and O–H groups in total. The number of aryl methyl sites for hydroxylation is 2. The van der Waals surface area contributed by atoms with E-state index in [1.54, 1.807) is 10.9 Å². The number of amides is 1. The number of aromatic nitrogens is 3. The van der Waals surface area contributed by atoms with Crippen molar-refractivity contribution in [2.24, 2.45) is 0 Å². The van der Waals surface area contributed by atoms with Crippen LogP contribution in [0, 0.1) is 13.8 Å². The van der Waals surface area contributed by atoms with Crippen molar-refractivity contribution < 1.29 is 4.79 Å². The molecule has 0 saturated heterocycles. The van der Waals surface area contributed by atoms with Crippen molar-refractivity contribution in [1.82, 2.24) is 19.7 Å².